The summed E-state index contributed by atoms with van der Waals surface area (Å²) < 4.78 is 5.81. The zero-order valence-corrected chi connectivity index (χ0v) is 26.7. The Morgan fingerprint density at radius 1 is 0.590 bits per heavy atom. The van der Waals surface area contributed by atoms with E-state index in [1.807, 2.05) is 36.4 Å². The first-order valence-corrected chi connectivity index (χ1v) is 15.3. The second-order valence-electron chi connectivity index (χ2n) is 10.9. The van der Waals surface area contributed by atoms with Crippen molar-refractivity contribution in [3.8, 4) is 11.5 Å². The SMILES string of the molecule is CCCCCCCCCc1ccc([O-])c(C(c2ccco2)c2cc(CCCCCCCCC)ccc2[O-])c1.[Ca+2]. The van der Waals surface area contributed by atoms with E-state index in [0.717, 1.165) is 36.8 Å². The first kappa shape index (κ1) is 33.8. The maximum Gasteiger partial charge on any atom is 2.00 e. The monoisotopic (exact) mass is 556 g/mol. The van der Waals surface area contributed by atoms with Crippen LogP contribution in [0.1, 0.15) is 138 Å². The molecule has 3 rings (SSSR count). The molecule has 0 aliphatic carbocycles. The van der Waals surface area contributed by atoms with E-state index in [0.29, 0.717) is 16.9 Å². The molecular formula is C35H48CaO3. The van der Waals surface area contributed by atoms with Gasteiger partial charge in [0.2, 0.25) is 0 Å². The van der Waals surface area contributed by atoms with Crippen LogP contribution in [0.15, 0.2) is 59.2 Å². The van der Waals surface area contributed by atoms with Crippen LogP contribution in [0.3, 0.4) is 0 Å². The molecule has 0 aliphatic rings. The molecule has 0 saturated heterocycles. The fourth-order valence-electron chi connectivity index (χ4n) is 5.46. The number of hydrogen-bond acceptors (Lipinski definition) is 3. The van der Waals surface area contributed by atoms with Crippen LogP contribution in [0, 0.1) is 0 Å². The van der Waals surface area contributed by atoms with Gasteiger partial charge in [0.1, 0.15) is 5.76 Å². The number of rotatable bonds is 19. The van der Waals surface area contributed by atoms with Gasteiger partial charge in [0, 0.05) is 0 Å². The molecule has 0 aliphatic heterocycles. The molecule has 1 aromatic heterocycles. The Morgan fingerprint density at radius 3 is 1.44 bits per heavy atom. The van der Waals surface area contributed by atoms with Gasteiger partial charge in [-0.1, -0.05) is 127 Å². The minimum atomic E-state index is -0.479. The van der Waals surface area contributed by atoms with E-state index in [9.17, 15) is 10.2 Å². The van der Waals surface area contributed by atoms with Crippen molar-refractivity contribution in [3.63, 3.8) is 0 Å². The molecular weight excluding hydrogens is 508 g/mol. The minimum Gasteiger partial charge on any atom is -0.872 e. The summed E-state index contributed by atoms with van der Waals surface area (Å²) in [6.07, 6.45) is 21.2. The Kier molecular flexibility index (Phi) is 17.0. The van der Waals surface area contributed by atoms with E-state index >= 15 is 0 Å². The first-order valence-electron chi connectivity index (χ1n) is 15.3. The van der Waals surface area contributed by atoms with E-state index in [4.69, 9.17) is 4.42 Å². The normalized spacial score (nSPS) is 11.2. The van der Waals surface area contributed by atoms with E-state index in [-0.39, 0.29) is 49.2 Å². The summed E-state index contributed by atoms with van der Waals surface area (Å²) in [6.45, 7) is 4.49. The molecule has 0 spiro atoms. The van der Waals surface area contributed by atoms with E-state index in [2.05, 4.69) is 13.8 Å². The predicted molar refractivity (Wildman–Crippen MR) is 161 cm³/mol. The van der Waals surface area contributed by atoms with Crippen molar-refractivity contribution >= 4 is 37.7 Å². The molecule has 0 radical (unpaired) electrons. The summed E-state index contributed by atoms with van der Waals surface area (Å²) in [5.74, 6) is 0.103. The van der Waals surface area contributed by atoms with Gasteiger partial charge in [-0.15, -0.1) is 11.5 Å². The van der Waals surface area contributed by atoms with Crippen LogP contribution in [0.5, 0.6) is 11.5 Å². The van der Waals surface area contributed by atoms with E-state index < -0.39 is 5.92 Å². The smallest absolute Gasteiger partial charge is 0.872 e. The molecule has 2 aromatic carbocycles. The topological polar surface area (TPSA) is 59.3 Å². The molecule has 0 amide bonds. The van der Waals surface area contributed by atoms with Crippen LogP contribution in [-0.4, -0.2) is 37.7 Å². The van der Waals surface area contributed by atoms with Gasteiger partial charge < -0.3 is 14.6 Å². The third kappa shape index (κ3) is 11.5. The maximum absolute atomic E-state index is 13.1. The minimum absolute atomic E-state index is 0. The molecule has 4 heteroatoms. The summed E-state index contributed by atoms with van der Waals surface area (Å²) in [7, 11) is 0. The fourth-order valence-corrected chi connectivity index (χ4v) is 5.46. The standard InChI is InChI=1S/C35H50O3.Ca/c1-3-5-7-9-11-13-15-18-28-21-23-32(36)30(26-28)35(34-20-17-25-38-34)31-27-29(22-24-33(31)37)19-16-14-12-10-8-6-4-2;/h17,20-27,35-37H,3-16,18-19H2,1-2H3;/q;+2/p-2. The number of unbranched alkanes of at least 4 members (excludes halogenated alkanes) is 12. The maximum atomic E-state index is 13.1. The molecule has 3 nitrogen and oxygen atoms in total. The van der Waals surface area contributed by atoms with Gasteiger partial charge in [0.05, 0.1) is 12.2 Å². The van der Waals surface area contributed by atoms with Crippen LogP contribution in [0.4, 0.5) is 0 Å². The Morgan fingerprint density at radius 2 is 1.03 bits per heavy atom. The molecule has 0 bridgehead atoms. The van der Waals surface area contributed by atoms with Gasteiger partial charge in [-0.05, 0) is 60.1 Å². The van der Waals surface area contributed by atoms with Crippen LogP contribution >= 0.6 is 0 Å². The van der Waals surface area contributed by atoms with E-state index in [1.165, 1.54) is 77.0 Å². The first-order chi connectivity index (χ1) is 18.6. The van der Waals surface area contributed by atoms with Gasteiger partial charge in [0.15, 0.2) is 0 Å². The van der Waals surface area contributed by atoms with Crippen molar-refractivity contribution < 1.29 is 14.6 Å². The second kappa shape index (κ2) is 19.6. The number of hydrogen-bond donors (Lipinski definition) is 0. The van der Waals surface area contributed by atoms with Crippen molar-refractivity contribution in [2.24, 2.45) is 0 Å². The molecule has 0 N–H and O–H groups in total. The average Bonchev–Trinajstić information content (AvgIpc) is 3.45. The Balaban J connectivity index is 0.00000533. The van der Waals surface area contributed by atoms with Gasteiger partial charge >= 0.3 is 37.7 Å². The number of benzene rings is 2. The van der Waals surface area contributed by atoms with Crippen molar-refractivity contribution in [3.05, 3.63) is 82.8 Å². The summed E-state index contributed by atoms with van der Waals surface area (Å²) in [4.78, 5) is 0. The third-order valence-corrected chi connectivity index (χ3v) is 7.74. The van der Waals surface area contributed by atoms with Crippen LogP contribution < -0.4 is 10.2 Å². The van der Waals surface area contributed by atoms with Gasteiger partial charge in [0.25, 0.3) is 0 Å². The molecule has 208 valence electrons. The quantitative estimate of drug-likeness (QED) is 0.109. The molecule has 0 saturated carbocycles. The molecule has 1 heterocycles. The number of aryl methyl sites for hydroxylation is 2. The van der Waals surface area contributed by atoms with Crippen molar-refractivity contribution in [1.82, 2.24) is 0 Å². The number of furan rings is 1. The van der Waals surface area contributed by atoms with E-state index in [1.54, 1.807) is 18.4 Å². The Hall–Kier alpha value is -1.42. The summed E-state index contributed by atoms with van der Waals surface area (Å²) in [6, 6.07) is 15.0. The molecule has 0 unspecified atom stereocenters. The van der Waals surface area contributed by atoms with Crippen molar-refractivity contribution in [1.29, 1.82) is 0 Å². The average molecular weight is 557 g/mol. The zero-order chi connectivity index (χ0) is 27.0. The summed E-state index contributed by atoms with van der Waals surface area (Å²) in [5, 5.41) is 26.3. The largest absolute Gasteiger partial charge is 2.00 e. The van der Waals surface area contributed by atoms with Gasteiger partial charge in [-0.25, -0.2) is 0 Å². The van der Waals surface area contributed by atoms with Gasteiger partial charge in [-0.3, -0.25) is 0 Å². The second-order valence-corrected chi connectivity index (χ2v) is 10.9. The van der Waals surface area contributed by atoms with Crippen molar-refractivity contribution in [2.75, 3.05) is 0 Å². The van der Waals surface area contributed by atoms with Crippen molar-refractivity contribution in [2.45, 2.75) is 122 Å². The molecule has 39 heavy (non-hydrogen) atoms. The summed E-state index contributed by atoms with van der Waals surface area (Å²) in [5.41, 5.74) is 3.61. The molecule has 0 atom stereocenters. The molecule has 3 aromatic rings. The zero-order valence-electron chi connectivity index (χ0n) is 24.5. The Bertz CT molecular complexity index is 977. The Labute approximate surface area is 267 Å². The van der Waals surface area contributed by atoms with Crippen LogP contribution in [0.2, 0.25) is 0 Å². The molecule has 0 fully saturated rings. The third-order valence-electron chi connectivity index (χ3n) is 7.74. The van der Waals surface area contributed by atoms with Gasteiger partial charge in [-0.2, -0.15) is 0 Å². The van der Waals surface area contributed by atoms with Crippen LogP contribution in [0.25, 0.3) is 0 Å². The fraction of sp³-hybridized carbons (Fsp3) is 0.543. The van der Waals surface area contributed by atoms with Crippen LogP contribution in [-0.2, 0) is 12.8 Å². The summed E-state index contributed by atoms with van der Waals surface area (Å²) >= 11 is 0. The predicted octanol–water partition coefficient (Wildman–Crippen LogP) is 8.81.